The van der Waals surface area contributed by atoms with Crippen LogP contribution in [0.15, 0.2) is 12.1 Å². The largest absolute Gasteiger partial charge is 0.452 e. The van der Waals surface area contributed by atoms with Crippen molar-refractivity contribution in [3.63, 3.8) is 0 Å². The monoisotopic (exact) mass is 322 g/mol. The molecule has 0 fully saturated rings. The van der Waals surface area contributed by atoms with E-state index in [9.17, 15) is 18.8 Å². The van der Waals surface area contributed by atoms with Crippen LogP contribution < -0.4 is 10.6 Å². The minimum Gasteiger partial charge on any atom is -0.452 e. The molecule has 0 spiro atoms. The van der Waals surface area contributed by atoms with Gasteiger partial charge < -0.3 is 10.1 Å². The first kappa shape index (κ1) is 16.2. The van der Waals surface area contributed by atoms with Gasteiger partial charge in [-0.25, -0.2) is 14.0 Å². The molecular formula is C11H9Cl2FN2O4. The summed E-state index contributed by atoms with van der Waals surface area (Å²) in [5.41, 5.74) is -0.277. The molecule has 0 aliphatic heterocycles. The molecule has 0 unspecified atom stereocenters. The molecule has 0 bridgehead atoms. The van der Waals surface area contributed by atoms with Gasteiger partial charge in [-0.1, -0.05) is 23.2 Å². The molecule has 0 radical (unpaired) electrons. The molecule has 9 heteroatoms. The van der Waals surface area contributed by atoms with Gasteiger partial charge in [-0.05, 0) is 12.1 Å². The van der Waals surface area contributed by atoms with Crippen molar-refractivity contribution in [2.24, 2.45) is 0 Å². The number of urea groups is 1. The molecule has 108 valence electrons. The zero-order valence-electron chi connectivity index (χ0n) is 10.1. The van der Waals surface area contributed by atoms with E-state index in [0.717, 1.165) is 12.1 Å². The van der Waals surface area contributed by atoms with Crippen LogP contribution in [0.25, 0.3) is 0 Å². The van der Waals surface area contributed by atoms with Crippen molar-refractivity contribution in [2.45, 2.75) is 0 Å². The lowest BCUT2D eigenvalue weighted by molar-refractivity contribution is -0.123. The molecule has 1 aromatic rings. The Balaban J connectivity index is 2.66. The quantitative estimate of drug-likeness (QED) is 0.655. The van der Waals surface area contributed by atoms with Crippen molar-refractivity contribution in [2.75, 3.05) is 13.7 Å². The first-order valence-electron chi connectivity index (χ1n) is 5.18. The van der Waals surface area contributed by atoms with Gasteiger partial charge in [-0.2, -0.15) is 0 Å². The summed E-state index contributed by atoms with van der Waals surface area (Å²) in [5.74, 6) is -2.71. The second kappa shape index (κ2) is 7.06. The lowest BCUT2D eigenvalue weighted by Gasteiger charge is -2.07. The lowest BCUT2D eigenvalue weighted by Crippen LogP contribution is -2.39. The Morgan fingerprint density at radius 3 is 2.50 bits per heavy atom. The zero-order chi connectivity index (χ0) is 15.3. The minimum absolute atomic E-state index is 0.117. The predicted molar refractivity (Wildman–Crippen MR) is 69.3 cm³/mol. The van der Waals surface area contributed by atoms with Crippen molar-refractivity contribution in [1.82, 2.24) is 10.6 Å². The summed E-state index contributed by atoms with van der Waals surface area (Å²) in [6.45, 7) is -0.715. The number of ether oxygens (including phenoxy) is 1. The molecule has 1 rings (SSSR count). The predicted octanol–water partition coefficient (Wildman–Crippen LogP) is 1.74. The van der Waals surface area contributed by atoms with E-state index in [4.69, 9.17) is 23.2 Å². The van der Waals surface area contributed by atoms with Gasteiger partial charge in [0.15, 0.2) is 6.61 Å². The van der Waals surface area contributed by atoms with E-state index in [2.05, 4.69) is 10.1 Å². The Labute approximate surface area is 123 Å². The SMILES string of the molecule is CNC(=O)NC(=O)COC(=O)c1cc(F)c(Cl)cc1Cl. The highest BCUT2D eigenvalue weighted by Gasteiger charge is 2.17. The summed E-state index contributed by atoms with van der Waals surface area (Å²) in [6.07, 6.45) is 0. The highest BCUT2D eigenvalue weighted by molar-refractivity contribution is 6.36. The number of rotatable bonds is 3. The third-order valence-electron chi connectivity index (χ3n) is 2.04. The Kier molecular flexibility index (Phi) is 5.72. The van der Waals surface area contributed by atoms with Crippen LogP contribution in [0.5, 0.6) is 0 Å². The topological polar surface area (TPSA) is 84.5 Å². The number of nitrogens with one attached hydrogen (secondary N) is 2. The van der Waals surface area contributed by atoms with Gasteiger partial charge in [0.2, 0.25) is 0 Å². The second-order valence-electron chi connectivity index (χ2n) is 3.45. The number of hydrogen-bond donors (Lipinski definition) is 2. The first-order chi connectivity index (χ1) is 9.35. The van der Waals surface area contributed by atoms with E-state index in [-0.39, 0.29) is 15.6 Å². The van der Waals surface area contributed by atoms with Gasteiger partial charge in [0.05, 0.1) is 15.6 Å². The zero-order valence-corrected chi connectivity index (χ0v) is 11.6. The molecular weight excluding hydrogens is 314 g/mol. The Bertz CT molecular complexity index is 566. The van der Waals surface area contributed by atoms with Crippen LogP contribution in [0.4, 0.5) is 9.18 Å². The molecule has 0 saturated carbocycles. The minimum atomic E-state index is -1.02. The molecule has 0 atom stereocenters. The molecule has 6 nitrogen and oxygen atoms in total. The number of carbonyl (C=O) groups excluding carboxylic acids is 3. The summed E-state index contributed by atoms with van der Waals surface area (Å²) < 4.78 is 17.8. The molecule has 3 amide bonds. The normalized spacial score (nSPS) is 9.80. The molecule has 1 aromatic carbocycles. The number of imide groups is 1. The van der Waals surface area contributed by atoms with Gasteiger partial charge in [-0.15, -0.1) is 0 Å². The molecule has 2 N–H and O–H groups in total. The average molecular weight is 323 g/mol. The van der Waals surface area contributed by atoms with Crippen molar-refractivity contribution in [1.29, 1.82) is 0 Å². The van der Waals surface area contributed by atoms with E-state index in [1.54, 1.807) is 0 Å². The van der Waals surface area contributed by atoms with Crippen LogP contribution in [-0.4, -0.2) is 31.6 Å². The van der Waals surface area contributed by atoms with Crippen molar-refractivity contribution in [3.05, 3.63) is 33.6 Å². The van der Waals surface area contributed by atoms with Crippen LogP contribution in [0, 0.1) is 5.82 Å². The third kappa shape index (κ3) is 4.36. The second-order valence-corrected chi connectivity index (χ2v) is 4.26. The Morgan fingerprint density at radius 2 is 1.90 bits per heavy atom. The highest BCUT2D eigenvalue weighted by atomic mass is 35.5. The van der Waals surface area contributed by atoms with Gasteiger partial charge in [0.25, 0.3) is 5.91 Å². The van der Waals surface area contributed by atoms with E-state index >= 15 is 0 Å². The number of benzene rings is 1. The van der Waals surface area contributed by atoms with Crippen LogP contribution in [0.3, 0.4) is 0 Å². The maximum absolute atomic E-state index is 13.2. The molecule has 20 heavy (non-hydrogen) atoms. The molecule has 0 aliphatic carbocycles. The first-order valence-corrected chi connectivity index (χ1v) is 5.94. The number of hydrogen-bond acceptors (Lipinski definition) is 4. The summed E-state index contributed by atoms with van der Waals surface area (Å²) in [4.78, 5) is 33.6. The number of amides is 3. The van der Waals surface area contributed by atoms with Gasteiger partial charge in [0.1, 0.15) is 5.82 Å². The fourth-order valence-electron chi connectivity index (χ4n) is 1.11. The fourth-order valence-corrected chi connectivity index (χ4v) is 1.57. The summed E-state index contributed by atoms with van der Waals surface area (Å²) in [5, 5.41) is 3.65. The average Bonchev–Trinajstić information content (AvgIpc) is 2.40. The van der Waals surface area contributed by atoms with Crippen LogP contribution in [0.1, 0.15) is 10.4 Å². The van der Waals surface area contributed by atoms with Crippen LogP contribution in [0.2, 0.25) is 10.0 Å². The Hall–Kier alpha value is -1.86. The third-order valence-corrected chi connectivity index (χ3v) is 2.65. The Morgan fingerprint density at radius 1 is 1.25 bits per heavy atom. The van der Waals surface area contributed by atoms with Crippen LogP contribution in [-0.2, 0) is 9.53 Å². The maximum Gasteiger partial charge on any atom is 0.340 e. The van der Waals surface area contributed by atoms with E-state index < -0.39 is 30.3 Å². The summed E-state index contributed by atoms with van der Waals surface area (Å²) in [6, 6.07) is 1.09. The highest BCUT2D eigenvalue weighted by Crippen LogP contribution is 2.24. The van der Waals surface area contributed by atoms with Crippen molar-refractivity contribution in [3.8, 4) is 0 Å². The molecule has 0 heterocycles. The molecule has 0 saturated heterocycles. The van der Waals surface area contributed by atoms with Crippen LogP contribution >= 0.6 is 23.2 Å². The van der Waals surface area contributed by atoms with Crippen molar-refractivity contribution < 1.29 is 23.5 Å². The number of carbonyl (C=O) groups is 3. The summed E-state index contributed by atoms with van der Waals surface area (Å²) >= 11 is 11.2. The van der Waals surface area contributed by atoms with Gasteiger partial charge in [0, 0.05) is 7.05 Å². The molecule has 0 aromatic heterocycles. The van der Waals surface area contributed by atoms with E-state index in [0.29, 0.717) is 0 Å². The maximum atomic E-state index is 13.2. The van der Waals surface area contributed by atoms with Gasteiger partial charge in [-0.3, -0.25) is 10.1 Å². The fraction of sp³-hybridized carbons (Fsp3) is 0.182. The number of esters is 1. The lowest BCUT2D eigenvalue weighted by atomic mass is 10.2. The standard InChI is InChI=1S/C11H9Cl2FN2O4/c1-15-11(19)16-9(17)4-20-10(18)5-2-8(14)7(13)3-6(5)12/h2-3H,4H2,1H3,(H2,15,16,17,19). The van der Waals surface area contributed by atoms with E-state index in [1.807, 2.05) is 5.32 Å². The summed E-state index contributed by atoms with van der Waals surface area (Å²) in [7, 11) is 1.31. The van der Waals surface area contributed by atoms with Gasteiger partial charge >= 0.3 is 12.0 Å². The number of halogens is 3. The van der Waals surface area contributed by atoms with E-state index in [1.165, 1.54) is 7.05 Å². The smallest absolute Gasteiger partial charge is 0.340 e. The van der Waals surface area contributed by atoms with Crippen molar-refractivity contribution >= 4 is 41.1 Å². The molecule has 0 aliphatic rings.